The summed E-state index contributed by atoms with van der Waals surface area (Å²) in [4.78, 5) is 10.7. The van der Waals surface area contributed by atoms with E-state index in [1.54, 1.807) is 12.1 Å². The lowest BCUT2D eigenvalue weighted by molar-refractivity contribution is -0.131. The molecule has 1 aromatic carbocycles. The molecule has 0 atom stereocenters. The SMILES string of the molecule is CCOCC=Cc1ccc(OC(C)=O)cc1. The van der Waals surface area contributed by atoms with E-state index >= 15 is 0 Å². The molecular formula is C13H16O3. The maximum Gasteiger partial charge on any atom is 0.308 e. The van der Waals surface area contributed by atoms with Gasteiger partial charge in [0.05, 0.1) is 6.61 Å². The minimum absolute atomic E-state index is 0.306. The molecule has 16 heavy (non-hydrogen) atoms. The molecular weight excluding hydrogens is 204 g/mol. The van der Waals surface area contributed by atoms with E-state index in [2.05, 4.69) is 0 Å². The Balaban J connectivity index is 2.50. The van der Waals surface area contributed by atoms with Crippen molar-refractivity contribution in [1.82, 2.24) is 0 Å². The highest BCUT2D eigenvalue weighted by atomic mass is 16.5. The van der Waals surface area contributed by atoms with Crippen molar-refractivity contribution in [2.75, 3.05) is 13.2 Å². The van der Waals surface area contributed by atoms with Gasteiger partial charge >= 0.3 is 5.97 Å². The molecule has 1 rings (SSSR count). The van der Waals surface area contributed by atoms with E-state index in [9.17, 15) is 4.79 Å². The number of esters is 1. The predicted molar refractivity (Wildman–Crippen MR) is 63.3 cm³/mol. The summed E-state index contributed by atoms with van der Waals surface area (Å²) >= 11 is 0. The first-order valence-electron chi connectivity index (χ1n) is 5.25. The quantitative estimate of drug-likeness (QED) is 0.435. The van der Waals surface area contributed by atoms with Crippen molar-refractivity contribution in [2.24, 2.45) is 0 Å². The third kappa shape index (κ3) is 4.75. The topological polar surface area (TPSA) is 35.5 Å². The van der Waals surface area contributed by atoms with Gasteiger partial charge in [-0.2, -0.15) is 0 Å². The molecule has 0 aliphatic rings. The first kappa shape index (κ1) is 12.5. The van der Waals surface area contributed by atoms with Gasteiger partial charge in [-0.05, 0) is 24.6 Å². The van der Waals surface area contributed by atoms with Crippen LogP contribution >= 0.6 is 0 Å². The number of carbonyl (C=O) groups is 1. The van der Waals surface area contributed by atoms with Crippen LogP contribution in [0, 0.1) is 0 Å². The second kappa shape index (κ2) is 6.80. The molecule has 0 unspecified atom stereocenters. The van der Waals surface area contributed by atoms with E-state index in [1.807, 2.05) is 31.2 Å². The Kier molecular flexibility index (Phi) is 5.29. The van der Waals surface area contributed by atoms with Gasteiger partial charge in [0.15, 0.2) is 0 Å². The Morgan fingerprint density at radius 3 is 2.56 bits per heavy atom. The molecule has 0 radical (unpaired) electrons. The van der Waals surface area contributed by atoms with Crippen LogP contribution in [-0.4, -0.2) is 19.2 Å². The summed E-state index contributed by atoms with van der Waals surface area (Å²) in [5.41, 5.74) is 1.05. The molecule has 0 saturated carbocycles. The molecule has 0 N–H and O–H groups in total. The molecule has 86 valence electrons. The number of rotatable bonds is 5. The number of hydrogen-bond donors (Lipinski definition) is 0. The maximum absolute atomic E-state index is 10.7. The number of ether oxygens (including phenoxy) is 2. The highest BCUT2D eigenvalue weighted by molar-refractivity contribution is 5.69. The van der Waals surface area contributed by atoms with Crippen molar-refractivity contribution in [3.63, 3.8) is 0 Å². The predicted octanol–water partition coefficient (Wildman–Crippen LogP) is 2.66. The van der Waals surface area contributed by atoms with Crippen LogP contribution in [0.2, 0.25) is 0 Å². The first-order chi connectivity index (χ1) is 7.72. The number of benzene rings is 1. The van der Waals surface area contributed by atoms with Gasteiger partial charge in [-0.1, -0.05) is 24.3 Å². The zero-order valence-corrected chi connectivity index (χ0v) is 9.60. The molecule has 0 aromatic heterocycles. The summed E-state index contributed by atoms with van der Waals surface area (Å²) in [5, 5.41) is 0. The van der Waals surface area contributed by atoms with Crippen LogP contribution in [0.25, 0.3) is 6.08 Å². The van der Waals surface area contributed by atoms with E-state index in [0.29, 0.717) is 12.4 Å². The lowest BCUT2D eigenvalue weighted by atomic mass is 10.2. The summed E-state index contributed by atoms with van der Waals surface area (Å²) in [7, 11) is 0. The monoisotopic (exact) mass is 220 g/mol. The van der Waals surface area contributed by atoms with E-state index in [4.69, 9.17) is 9.47 Å². The summed E-state index contributed by atoms with van der Waals surface area (Å²) in [5.74, 6) is 0.258. The zero-order chi connectivity index (χ0) is 11.8. The van der Waals surface area contributed by atoms with Crippen molar-refractivity contribution in [1.29, 1.82) is 0 Å². The molecule has 0 aliphatic carbocycles. The van der Waals surface area contributed by atoms with Crippen LogP contribution in [-0.2, 0) is 9.53 Å². The molecule has 3 heteroatoms. The van der Waals surface area contributed by atoms with Gasteiger partial charge in [0.1, 0.15) is 5.75 Å². The van der Waals surface area contributed by atoms with Crippen molar-refractivity contribution in [3.8, 4) is 5.75 Å². The molecule has 0 fully saturated rings. The van der Waals surface area contributed by atoms with E-state index in [0.717, 1.165) is 12.2 Å². The summed E-state index contributed by atoms with van der Waals surface area (Å²) in [6.07, 6.45) is 3.91. The summed E-state index contributed by atoms with van der Waals surface area (Å²) in [6, 6.07) is 7.31. The second-order valence-electron chi connectivity index (χ2n) is 3.22. The third-order valence-electron chi connectivity index (χ3n) is 1.87. The molecule has 0 heterocycles. The molecule has 0 spiro atoms. The first-order valence-corrected chi connectivity index (χ1v) is 5.25. The van der Waals surface area contributed by atoms with Crippen LogP contribution in [0.5, 0.6) is 5.75 Å². The standard InChI is InChI=1S/C13H16O3/c1-3-15-10-4-5-12-6-8-13(9-7-12)16-11(2)14/h4-9H,3,10H2,1-2H3. The van der Waals surface area contributed by atoms with Crippen molar-refractivity contribution in [3.05, 3.63) is 35.9 Å². The fraction of sp³-hybridized carbons (Fsp3) is 0.308. The molecule has 0 bridgehead atoms. The average Bonchev–Trinajstić information content (AvgIpc) is 2.26. The van der Waals surface area contributed by atoms with Gasteiger partial charge in [-0.15, -0.1) is 0 Å². The Hall–Kier alpha value is -1.61. The van der Waals surface area contributed by atoms with Gasteiger partial charge in [-0.3, -0.25) is 4.79 Å². The van der Waals surface area contributed by atoms with Gasteiger partial charge < -0.3 is 9.47 Å². The van der Waals surface area contributed by atoms with Gasteiger partial charge in [-0.25, -0.2) is 0 Å². The Morgan fingerprint density at radius 2 is 2.00 bits per heavy atom. The van der Waals surface area contributed by atoms with E-state index in [1.165, 1.54) is 6.92 Å². The lowest BCUT2D eigenvalue weighted by Gasteiger charge is -2.00. The Bertz CT molecular complexity index is 352. The largest absolute Gasteiger partial charge is 0.427 e. The maximum atomic E-state index is 10.7. The van der Waals surface area contributed by atoms with Gasteiger partial charge in [0.25, 0.3) is 0 Å². The normalized spacial score (nSPS) is 10.6. The second-order valence-corrected chi connectivity index (χ2v) is 3.22. The zero-order valence-electron chi connectivity index (χ0n) is 9.60. The number of hydrogen-bond acceptors (Lipinski definition) is 3. The van der Waals surface area contributed by atoms with Crippen molar-refractivity contribution >= 4 is 12.0 Å². The van der Waals surface area contributed by atoms with Crippen LogP contribution in [0.1, 0.15) is 19.4 Å². The molecule has 0 amide bonds. The fourth-order valence-corrected chi connectivity index (χ4v) is 1.18. The summed E-state index contributed by atoms with van der Waals surface area (Å²) in [6.45, 7) is 4.68. The van der Waals surface area contributed by atoms with E-state index in [-0.39, 0.29) is 5.97 Å². The van der Waals surface area contributed by atoms with Gasteiger partial charge in [0, 0.05) is 13.5 Å². The molecule has 0 saturated heterocycles. The highest BCUT2D eigenvalue weighted by Gasteiger charge is 1.96. The highest BCUT2D eigenvalue weighted by Crippen LogP contribution is 2.13. The Morgan fingerprint density at radius 1 is 1.31 bits per heavy atom. The van der Waals surface area contributed by atoms with E-state index < -0.39 is 0 Å². The molecule has 3 nitrogen and oxygen atoms in total. The van der Waals surface area contributed by atoms with Crippen LogP contribution in [0.15, 0.2) is 30.3 Å². The molecule has 0 aliphatic heterocycles. The van der Waals surface area contributed by atoms with Crippen LogP contribution in [0.3, 0.4) is 0 Å². The fourth-order valence-electron chi connectivity index (χ4n) is 1.18. The lowest BCUT2D eigenvalue weighted by Crippen LogP contribution is -2.00. The number of carbonyl (C=O) groups excluding carboxylic acids is 1. The van der Waals surface area contributed by atoms with Crippen LogP contribution in [0.4, 0.5) is 0 Å². The Labute approximate surface area is 95.7 Å². The minimum atomic E-state index is -0.306. The molecule has 1 aromatic rings. The van der Waals surface area contributed by atoms with Crippen molar-refractivity contribution < 1.29 is 14.3 Å². The average molecular weight is 220 g/mol. The summed E-state index contributed by atoms with van der Waals surface area (Å²) < 4.78 is 10.1. The third-order valence-corrected chi connectivity index (χ3v) is 1.87. The van der Waals surface area contributed by atoms with Gasteiger partial charge in [0.2, 0.25) is 0 Å². The van der Waals surface area contributed by atoms with Crippen LogP contribution < -0.4 is 4.74 Å². The minimum Gasteiger partial charge on any atom is -0.427 e. The smallest absolute Gasteiger partial charge is 0.308 e. The van der Waals surface area contributed by atoms with Crippen molar-refractivity contribution in [2.45, 2.75) is 13.8 Å².